The van der Waals surface area contributed by atoms with Crippen molar-refractivity contribution in [2.45, 2.75) is 6.42 Å². The number of nitrogens with zero attached hydrogens (tertiary/aromatic N) is 2. The molecule has 1 amide bonds. The third kappa shape index (κ3) is 3.68. The van der Waals surface area contributed by atoms with Crippen molar-refractivity contribution in [1.29, 1.82) is 0 Å². The van der Waals surface area contributed by atoms with Gasteiger partial charge in [0.25, 0.3) is 0 Å². The molecule has 0 radical (unpaired) electrons. The Hall–Kier alpha value is -3.18. The molecule has 5 heteroatoms. The summed E-state index contributed by atoms with van der Waals surface area (Å²) in [6.07, 6.45) is 0.266. The van der Waals surface area contributed by atoms with E-state index in [2.05, 4.69) is 4.98 Å². The van der Waals surface area contributed by atoms with Crippen molar-refractivity contribution in [3.8, 4) is 5.75 Å². The van der Waals surface area contributed by atoms with E-state index in [1.54, 1.807) is 12.0 Å². The highest BCUT2D eigenvalue weighted by atomic mass is 32.1. The minimum Gasteiger partial charge on any atom is -0.497 e. The molecule has 0 bridgehead atoms. The molecule has 4 nitrogen and oxygen atoms in total. The Morgan fingerprint density at radius 3 is 2.56 bits per heavy atom. The van der Waals surface area contributed by atoms with Crippen LogP contribution in [0.15, 0.2) is 78.9 Å². The number of ether oxygens (including phenoxy) is 1. The number of anilines is 2. The van der Waals surface area contributed by atoms with Gasteiger partial charge in [-0.15, -0.1) is 0 Å². The first kappa shape index (κ1) is 17.2. The smallest absolute Gasteiger partial charge is 0.237 e. The number of hydrogen-bond acceptors (Lipinski definition) is 4. The fraction of sp³-hybridized carbons (Fsp3) is 0.0909. The zero-order chi connectivity index (χ0) is 18.6. The van der Waals surface area contributed by atoms with Crippen LogP contribution in [0.5, 0.6) is 5.75 Å². The van der Waals surface area contributed by atoms with E-state index in [-0.39, 0.29) is 12.3 Å². The number of thiazole rings is 1. The van der Waals surface area contributed by atoms with E-state index in [1.807, 2.05) is 78.9 Å². The number of carbonyl (C=O) groups is 1. The van der Waals surface area contributed by atoms with Gasteiger partial charge in [-0.05, 0) is 42.0 Å². The van der Waals surface area contributed by atoms with Gasteiger partial charge in [-0.25, -0.2) is 4.98 Å². The van der Waals surface area contributed by atoms with Crippen LogP contribution in [0.25, 0.3) is 10.2 Å². The van der Waals surface area contributed by atoms with Crippen molar-refractivity contribution in [3.63, 3.8) is 0 Å². The summed E-state index contributed by atoms with van der Waals surface area (Å²) in [5.74, 6) is 0.708. The molecule has 4 aromatic rings. The summed E-state index contributed by atoms with van der Waals surface area (Å²) in [5.41, 5.74) is 2.61. The van der Waals surface area contributed by atoms with E-state index in [9.17, 15) is 4.79 Å². The van der Waals surface area contributed by atoms with Crippen LogP contribution in [0.4, 0.5) is 10.8 Å². The molecule has 1 aromatic heterocycles. The molecule has 4 rings (SSSR count). The van der Waals surface area contributed by atoms with Gasteiger partial charge in [-0.1, -0.05) is 53.8 Å². The average Bonchev–Trinajstić information content (AvgIpc) is 3.12. The molecule has 0 aliphatic carbocycles. The van der Waals surface area contributed by atoms with Gasteiger partial charge in [0.05, 0.1) is 29.4 Å². The highest BCUT2D eigenvalue weighted by Gasteiger charge is 2.22. The Balaban J connectivity index is 1.72. The van der Waals surface area contributed by atoms with Crippen molar-refractivity contribution in [3.05, 3.63) is 84.4 Å². The summed E-state index contributed by atoms with van der Waals surface area (Å²) in [6, 6.07) is 25.1. The van der Waals surface area contributed by atoms with Crippen LogP contribution >= 0.6 is 11.3 Å². The predicted molar refractivity (Wildman–Crippen MR) is 110 cm³/mol. The molecule has 0 spiro atoms. The summed E-state index contributed by atoms with van der Waals surface area (Å²) in [5, 5.41) is 0.676. The highest BCUT2D eigenvalue weighted by molar-refractivity contribution is 7.22. The lowest BCUT2D eigenvalue weighted by molar-refractivity contribution is -0.117. The summed E-state index contributed by atoms with van der Waals surface area (Å²) < 4.78 is 6.33. The Labute approximate surface area is 161 Å². The molecule has 0 N–H and O–H groups in total. The van der Waals surface area contributed by atoms with E-state index in [0.717, 1.165) is 27.2 Å². The maximum atomic E-state index is 13.2. The quantitative estimate of drug-likeness (QED) is 0.481. The lowest BCUT2D eigenvalue weighted by Crippen LogP contribution is -2.27. The topological polar surface area (TPSA) is 42.4 Å². The number of carbonyl (C=O) groups excluding carboxylic acids is 1. The lowest BCUT2D eigenvalue weighted by Gasteiger charge is -2.20. The monoisotopic (exact) mass is 374 g/mol. The number of amides is 1. The maximum absolute atomic E-state index is 13.2. The second kappa shape index (κ2) is 7.60. The highest BCUT2D eigenvalue weighted by Crippen LogP contribution is 2.34. The summed E-state index contributed by atoms with van der Waals surface area (Å²) >= 11 is 1.52. The van der Waals surface area contributed by atoms with Crippen molar-refractivity contribution in [1.82, 2.24) is 4.98 Å². The van der Waals surface area contributed by atoms with E-state index in [4.69, 9.17) is 4.74 Å². The zero-order valence-electron chi connectivity index (χ0n) is 14.8. The van der Waals surface area contributed by atoms with E-state index >= 15 is 0 Å². The lowest BCUT2D eigenvalue weighted by atomic mass is 10.1. The van der Waals surface area contributed by atoms with Gasteiger partial charge < -0.3 is 4.74 Å². The number of fused-ring (bicyclic) bond motifs is 1. The summed E-state index contributed by atoms with van der Waals surface area (Å²) in [6.45, 7) is 0. The van der Waals surface area contributed by atoms with Gasteiger partial charge in [0.2, 0.25) is 5.91 Å². The second-order valence-electron chi connectivity index (χ2n) is 6.06. The van der Waals surface area contributed by atoms with Gasteiger partial charge in [0, 0.05) is 0 Å². The van der Waals surface area contributed by atoms with E-state index in [0.29, 0.717) is 5.13 Å². The largest absolute Gasteiger partial charge is 0.497 e. The van der Waals surface area contributed by atoms with Gasteiger partial charge in [0.15, 0.2) is 5.13 Å². The molecule has 0 aliphatic heterocycles. The second-order valence-corrected chi connectivity index (χ2v) is 7.07. The first-order valence-corrected chi connectivity index (χ1v) is 9.43. The molecule has 0 aliphatic rings. The minimum absolute atomic E-state index is 0.0338. The Morgan fingerprint density at radius 2 is 1.78 bits per heavy atom. The normalized spacial score (nSPS) is 10.7. The van der Waals surface area contributed by atoms with Crippen LogP contribution in [0.3, 0.4) is 0 Å². The molecule has 0 fully saturated rings. The first-order valence-electron chi connectivity index (χ1n) is 8.61. The van der Waals surface area contributed by atoms with Crippen LogP contribution in [-0.4, -0.2) is 18.0 Å². The predicted octanol–water partition coefficient (Wildman–Crippen LogP) is 5.21. The fourth-order valence-electron chi connectivity index (χ4n) is 2.93. The van der Waals surface area contributed by atoms with Gasteiger partial charge in [0.1, 0.15) is 5.75 Å². The van der Waals surface area contributed by atoms with E-state index < -0.39 is 0 Å². The van der Waals surface area contributed by atoms with Crippen molar-refractivity contribution in [2.24, 2.45) is 0 Å². The third-order valence-electron chi connectivity index (χ3n) is 4.23. The number of rotatable bonds is 5. The molecule has 1 heterocycles. The van der Waals surface area contributed by atoms with Gasteiger partial charge >= 0.3 is 0 Å². The number of para-hydroxylation sites is 2. The molecule has 27 heavy (non-hydrogen) atoms. The first-order chi connectivity index (χ1) is 13.2. The summed E-state index contributed by atoms with van der Waals surface area (Å²) in [7, 11) is 1.62. The SMILES string of the molecule is COc1cccc(CC(=O)N(c2ccccc2)c2nc3ccccc3s2)c1. The Bertz CT molecular complexity index is 1040. The van der Waals surface area contributed by atoms with Crippen molar-refractivity contribution in [2.75, 3.05) is 12.0 Å². The summed E-state index contributed by atoms with van der Waals surface area (Å²) in [4.78, 5) is 19.6. The number of aromatic nitrogens is 1. The van der Waals surface area contributed by atoms with E-state index in [1.165, 1.54) is 11.3 Å². The van der Waals surface area contributed by atoms with Crippen molar-refractivity contribution >= 4 is 38.3 Å². The van der Waals surface area contributed by atoms with Gasteiger partial charge in [-0.3, -0.25) is 9.69 Å². The maximum Gasteiger partial charge on any atom is 0.237 e. The minimum atomic E-state index is -0.0338. The van der Waals surface area contributed by atoms with Crippen LogP contribution in [-0.2, 0) is 11.2 Å². The standard InChI is InChI=1S/C22H18N2O2S/c1-26-18-11-7-8-16(14-18)15-21(25)24(17-9-3-2-4-10-17)22-23-19-12-5-6-13-20(19)27-22/h2-14H,15H2,1H3. The molecule has 134 valence electrons. The molecular formula is C22H18N2O2S. The number of hydrogen-bond donors (Lipinski definition) is 0. The molecular weight excluding hydrogens is 356 g/mol. The molecule has 0 unspecified atom stereocenters. The fourth-order valence-corrected chi connectivity index (χ4v) is 3.93. The van der Waals surface area contributed by atoms with Crippen LogP contribution in [0, 0.1) is 0 Å². The molecule has 0 atom stereocenters. The Kier molecular flexibility index (Phi) is 4.85. The molecule has 0 saturated carbocycles. The Morgan fingerprint density at radius 1 is 1.00 bits per heavy atom. The van der Waals surface area contributed by atoms with Crippen LogP contribution < -0.4 is 9.64 Å². The third-order valence-corrected chi connectivity index (χ3v) is 5.25. The number of methoxy groups -OCH3 is 1. The van der Waals surface area contributed by atoms with Crippen LogP contribution in [0.2, 0.25) is 0 Å². The molecule has 3 aromatic carbocycles. The van der Waals surface area contributed by atoms with Gasteiger partial charge in [-0.2, -0.15) is 0 Å². The average molecular weight is 374 g/mol. The number of benzene rings is 3. The molecule has 0 saturated heterocycles. The van der Waals surface area contributed by atoms with Crippen molar-refractivity contribution < 1.29 is 9.53 Å². The zero-order valence-corrected chi connectivity index (χ0v) is 15.6. The van der Waals surface area contributed by atoms with Crippen LogP contribution in [0.1, 0.15) is 5.56 Å².